The zero-order chi connectivity index (χ0) is 21.5. The number of carbonyl (C=O) groups excluding carboxylic acids is 1. The maximum absolute atomic E-state index is 13.2. The molecule has 2 aromatic rings. The van der Waals surface area contributed by atoms with Gasteiger partial charge in [0.2, 0.25) is 5.91 Å². The second-order valence-corrected chi connectivity index (χ2v) is 8.14. The van der Waals surface area contributed by atoms with E-state index in [-0.39, 0.29) is 29.2 Å². The average Bonchev–Trinajstić information content (AvgIpc) is 3.47. The second kappa shape index (κ2) is 8.19. The van der Waals surface area contributed by atoms with E-state index in [9.17, 15) is 22.4 Å². The largest absolute Gasteiger partial charge is 0.436 e. The first-order chi connectivity index (χ1) is 14.2. The molecular formula is C20H21ClF4N4O. The van der Waals surface area contributed by atoms with Gasteiger partial charge in [0.05, 0.1) is 10.7 Å². The van der Waals surface area contributed by atoms with Crippen LogP contribution in [0.15, 0.2) is 24.3 Å². The van der Waals surface area contributed by atoms with Crippen molar-refractivity contribution in [1.82, 2.24) is 19.6 Å². The average molecular weight is 445 g/mol. The minimum absolute atomic E-state index is 0.0681. The Kier molecular flexibility index (Phi) is 5.76. The van der Waals surface area contributed by atoms with Crippen LogP contribution in [0.3, 0.4) is 0 Å². The van der Waals surface area contributed by atoms with Crippen LogP contribution in [0.5, 0.6) is 0 Å². The number of piperazine rings is 1. The molecule has 0 atom stereocenters. The van der Waals surface area contributed by atoms with Crippen LogP contribution in [0.25, 0.3) is 0 Å². The molecule has 1 aliphatic carbocycles. The number of halogens is 5. The molecule has 1 aromatic heterocycles. The summed E-state index contributed by atoms with van der Waals surface area (Å²) in [6, 6.07) is 6.28. The van der Waals surface area contributed by atoms with Gasteiger partial charge < -0.3 is 4.90 Å². The van der Waals surface area contributed by atoms with Gasteiger partial charge in [0.15, 0.2) is 5.69 Å². The summed E-state index contributed by atoms with van der Waals surface area (Å²) in [7, 11) is 0. The molecule has 0 unspecified atom stereocenters. The zero-order valence-electron chi connectivity index (χ0n) is 16.1. The second-order valence-electron chi connectivity index (χ2n) is 7.76. The van der Waals surface area contributed by atoms with Gasteiger partial charge in [-0.25, -0.2) is 4.39 Å². The first kappa shape index (κ1) is 21.1. The van der Waals surface area contributed by atoms with E-state index in [2.05, 4.69) is 10.00 Å². The van der Waals surface area contributed by atoms with E-state index in [1.807, 2.05) is 0 Å². The van der Waals surface area contributed by atoms with Gasteiger partial charge in [-0.1, -0.05) is 23.7 Å². The highest BCUT2D eigenvalue weighted by Gasteiger charge is 2.42. The molecule has 5 nitrogen and oxygen atoms in total. The van der Waals surface area contributed by atoms with Crippen LogP contribution in [0.1, 0.15) is 35.7 Å². The Morgan fingerprint density at radius 1 is 1.10 bits per heavy atom. The molecule has 2 heterocycles. The molecule has 1 amide bonds. The molecule has 4 rings (SSSR count). The number of alkyl halides is 3. The zero-order valence-corrected chi connectivity index (χ0v) is 16.9. The third-order valence-electron chi connectivity index (χ3n) is 5.49. The molecule has 10 heteroatoms. The summed E-state index contributed by atoms with van der Waals surface area (Å²) in [6.07, 6.45) is -3.15. The number of carbonyl (C=O) groups is 1. The Labute approximate surface area is 176 Å². The molecule has 162 valence electrons. The van der Waals surface area contributed by atoms with Gasteiger partial charge in [0.1, 0.15) is 12.4 Å². The summed E-state index contributed by atoms with van der Waals surface area (Å²) < 4.78 is 53.7. The third kappa shape index (κ3) is 4.62. The van der Waals surface area contributed by atoms with E-state index in [0.717, 1.165) is 23.1 Å². The highest BCUT2D eigenvalue weighted by atomic mass is 35.5. The molecular weight excluding hydrogens is 424 g/mol. The number of amides is 1. The van der Waals surface area contributed by atoms with Crippen molar-refractivity contribution in [3.63, 3.8) is 0 Å². The number of hydrogen-bond acceptors (Lipinski definition) is 3. The Morgan fingerprint density at radius 3 is 2.30 bits per heavy atom. The third-order valence-corrected chi connectivity index (χ3v) is 5.87. The van der Waals surface area contributed by atoms with Gasteiger partial charge >= 0.3 is 6.18 Å². The first-order valence-corrected chi connectivity index (χ1v) is 10.2. The number of aromatic nitrogens is 2. The molecule has 1 aliphatic heterocycles. The highest BCUT2D eigenvalue weighted by molar-refractivity contribution is 6.32. The van der Waals surface area contributed by atoms with Gasteiger partial charge in [-0.2, -0.15) is 18.3 Å². The van der Waals surface area contributed by atoms with Crippen LogP contribution in [0.2, 0.25) is 5.02 Å². The Bertz CT molecular complexity index is 916. The Morgan fingerprint density at radius 2 is 1.73 bits per heavy atom. The van der Waals surface area contributed by atoms with E-state index in [4.69, 9.17) is 11.6 Å². The predicted octanol–water partition coefficient (Wildman–Crippen LogP) is 3.92. The number of nitrogens with zero attached hydrogens (tertiary/aromatic N) is 4. The van der Waals surface area contributed by atoms with Gasteiger partial charge in [-0.15, -0.1) is 0 Å². The lowest BCUT2D eigenvalue weighted by Crippen LogP contribution is -2.49. The molecule has 2 aliphatic rings. The summed E-state index contributed by atoms with van der Waals surface area (Å²) in [6.45, 7) is 2.61. The molecule has 0 N–H and O–H groups in total. The van der Waals surface area contributed by atoms with Crippen LogP contribution in [-0.4, -0.2) is 51.7 Å². The maximum atomic E-state index is 13.2. The summed E-state index contributed by atoms with van der Waals surface area (Å²) in [5.41, 5.74) is 0.173. The van der Waals surface area contributed by atoms with Crippen LogP contribution >= 0.6 is 11.6 Å². The lowest BCUT2D eigenvalue weighted by atomic mass is 10.2. The molecule has 2 fully saturated rings. The topological polar surface area (TPSA) is 41.4 Å². The first-order valence-electron chi connectivity index (χ1n) is 9.80. The van der Waals surface area contributed by atoms with Crippen molar-refractivity contribution in [1.29, 1.82) is 0 Å². The van der Waals surface area contributed by atoms with Crippen molar-refractivity contribution in [2.45, 2.75) is 38.0 Å². The normalized spacial score (nSPS) is 18.1. The fourth-order valence-corrected chi connectivity index (χ4v) is 4.13. The fraction of sp³-hybridized carbons (Fsp3) is 0.500. The van der Waals surface area contributed by atoms with E-state index < -0.39 is 11.9 Å². The predicted molar refractivity (Wildman–Crippen MR) is 102 cm³/mol. The Hall–Kier alpha value is -2.13. The van der Waals surface area contributed by atoms with Crippen molar-refractivity contribution >= 4 is 17.5 Å². The molecule has 0 radical (unpaired) electrons. The van der Waals surface area contributed by atoms with E-state index in [0.29, 0.717) is 38.4 Å². The molecule has 30 heavy (non-hydrogen) atoms. The maximum Gasteiger partial charge on any atom is 0.436 e. The van der Waals surface area contributed by atoms with Gasteiger partial charge in [-0.3, -0.25) is 14.4 Å². The lowest BCUT2D eigenvalue weighted by molar-refractivity contribution is -0.142. The summed E-state index contributed by atoms with van der Waals surface area (Å²) >= 11 is 5.97. The van der Waals surface area contributed by atoms with Crippen LogP contribution in [0, 0.1) is 5.82 Å². The molecule has 1 saturated carbocycles. The SMILES string of the molecule is O=C(Cn1nc(C(F)(F)F)c(Cl)c1C1CC1)N1CCN(Cc2ccc(F)cc2)CC1. The van der Waals surface area contributed by atoms with Crippen LogP contribution in [0.4, 0.5) is 17.6 Å². The van der Waals surface area contributed by atoms with Gasteiger partial charge in [0, 0.05) is 38.6 Å². The molecule has 1 saturated heterocycles. The number of benzene rings is 1. The van der Waals surface area contributed by atoms with Gasteiger partial charge in [-0.05, 0) is 30.5 Å². The standard InChI is InChI=1S/C20H21ClF4N4O/c21-17-18(14-3-4-14)29(26-19(17)20(23,24)25)12-16(30)28-9-7-27(8-10-28)11-13-1-5-15(22)6-2-13/h1-2,5-6,14H,3-4,7-12H2. The van der Waals surface area contributed by atoms with Crippen LogP contribution < -0.4 is 0 Å². The summed E-state index contributed by atoms with van der Waals surface area (Å²) in [5, 5.41) is 3.24. The molecule has 1 aromatic carbocycles. The lowest BCUT2D eigenvalue weighted by Gasteiger charge is -2.34. The van der Waals surface area contributed by atoms with E-state index in [1.54, 1.807) is 17.0 Å². The van der Waals surface area contributed by atoms with Crippen molar-refractivity contribution in [3.05, 3.63) is 52.1 Å². The highest BCUT2D eigenvalue weighted by Crippen LogP contribution is 2.46. The smallest absolute Gasteiger partial charge is 0.339 e. The number of hydrogen-bond donors (Lipinski definition) is 0. The van der Waals surface area contributed by atoms with E-state index in [1.165, 1.54) is 12.1 Å². The quantitative estimate of drug-likeness (QED) is 0.656. The van der Waals surface area contributed by atoms with Crippen molar-refractivity contribution < 1.29 is 22.4 Å². The molecule has 0 bridgehead atoms. The minimum atomic E-state index is -4.65. The monoisotopic (exact) mass is 444 g/mol. The number of rotatable bonds is 5. The Balaban J connectivity index is 1.38. The van der Waals surface area contributed by atoms with Crippen molar-refractivity contribution in [2.75, 3.05) is 26.2 Å². The van der Waals surface area contributed by atoms with Crippen molar-refractivity contribution in [2.24, 2.45) is 0 Å². The summed E-state index contributed by atoms with van der Waals surface area (Å²) in [4.78, 5) is 16.5. The van der Waals surface area contributed by atoms with Gasteiger partial charge in [0.25, 0.3) is 0 Å². The van der Waals surface area contributed by atoms with Crippen LogP contribution in [-0.2, 0) is 24.1 Å². The minimum Gasteiger partial charge on any atom is -0.339 e. The van der Waals surface area contributed by atoms with Crippen molar-refractivity contribution in [3.8, 4) is 0 Å². The van der Waals surface area contributed by atoms with E-state index >= 15 is 0 Å². The molecule has 0 spiro atoms. The summed E-state index contributed by atoms with van der Waals surface area (Å²) in [5.74, 6) is -0.625. The fourth-order valence-electron chi connectivity index (χ4n) is 3.73.